The van der Waals surface area contributed by atoms with Crippen molar-refractivity contribution in [2.75, 3.05) is 26.4 Å². The number of aryl methyl sites for hydroxylation is 4. The molecule has 0 heterocycles. The highest BCUT2D eigenvalue weighted by Gasteiger charge is 2.09. The minimum absolute atomic E-state index is 0.0102. The maximum atomic E-state index is 8.97. The van der Waals surface area contributed by atoms with E-state index in [1.807, 2.05) is 27.7 Å². The zero-order chi connectivity index (χ0) is 20.0. The van der Waals surface area contributed by atoms with Crippen LogP contribution in [-0.4, -0.2) is 36.6 Å². The molecule has 0 saturated carbocycles. The van der Waals surface area contributed by atoms with Gasteiger partial charge in [-0.1, -0.05) is 6.08 Å². The summed E-state index contributed by atoms with van der Waals surface area (Å²) >= 11 is 0. The normalized spacial score (nSPS) is 11.6. The molecule has 2 aromatic rings. The minimum atomic E-state index is 0.0102. The fraction of sp³-hybridized carbons (Fsp3) is 0.391. The highest BCUT2D eigenvalue weighted by atomic mass is 16.5. The van der Waals surface area contributed by atoms with E-state index in [0.29, 0.717) is 13.2 Å². The molecule has 2 aromatic carbocycles. The highest BCUT2D eigenvalue weighted by molar-refractivity contribution is 5.81. The maximum Gasteiger partial charge on any atom is 0.125 e. The summed E-state index contributed by atoms with van der Waals surface area (Å²) in [5, 5.41) is 17.9. The number of hydrogen-bond acceptors (Lipinski definition) is 4. The Balaban J connectivity index is 2.32. The van der Waals surface area contributed by atoms with E-state index in [1.54, 1.807) is 0 Å². The van der Waals surface area contributed by atoms with Gasteiger partial charge >= 0.3 is 0 Å². The SMILES string of the molecule is CC(=Cc1cc(C)c(OCCO)c(C)c1)c1cc(C)c(OCCO)c(C)c1. The molecular formula is C23H30O4. The average molecular weight is 370 g/mol. The minimum Gasteiger partial charge on any atom is -0.491 e. The summed E-state index contributed by atoms with van der Waals surface area (Å²) in [7, 11) is 0. The first kappa shape index (κ1) is 21.0. The molecular weight excluding hydrogens is 340 g/mol. The number of hydrogen-bond donors (Lipinski definition) is 2. The molecule has 0 aromatic heterocycles. The third-order valence-electron chi connectivity index (χ3n) is 4.46. The quantitative estimate of drug-likeness (QED) is 0.683. The Bertz CT molecular complexity index is 775. The molecule has 0 saturated heterocycles. The molecule has 0 spiro atoms. The fourth-order valence-electron chi connectivity index (χ4n) is 3.33. The molecule has 0 aliphatic carbocycles. The van der Waals surface area contributed by atoms with Gasteiger partial charge in [0.15, 0.2) is 0 Å². The predicted octanol–water partition coefficient (Wildman–Crippen LogP) is 4.22. The van der Waals surface area contributed by atoms with Crippen molar-refractivity contribution in [2.45, 2.75) is 34.6 Å². The number of ether oxygens (including phenoxy) is 2. The molecule has 146 valence electrons. The molecule has 0 unspecified atom stereocenters. The molecule has 0 bridgehead atoms. The lowest BCUT2D eigenvalue weighted by molar-refractivity contribution is 0.200. The van der Waals surface area contributed by atoms with Crippen molar-refractivity contribution < 1.29 is 19.7 Å². The van der Waals surface area contributed by atoms with E-state index in [2.05, 4.69) is 37.3 Å². The number of aliphatic hydroxyl groups excluding tert-OH is 2. The van der Waals surface area contributed by atoms with Crippen LogP contribution >= 0.6 is 0 Å². The van der Waals surface area contributed by atoms with Crippen molar-refractivity contribution >= 4 is 11.6 Å². The van der Waals surface area contributed by atoms with Gasteiger partial charge in [-0.15, -0.1) is 0 Å². The molecule has 2 rings (SSSR count). The van der Waals surface area contributed by atoms with E-state index in [9.17, 15) is 0 Å². The molecule has 2 N–H and O–H groups in total. The lowest BCUT2D eigenvalue weighted by Gasteiger charge is -2.15. The Labute approximate surface area is 162 Å². The highest BCUT2D eigenvalue weighted by Crippen LogP contribution is 2.30. The van der Waals surface area contributed by atoms with Gasteiger partial charge in [0.05, 0.1) is 13.2 Å². The van der Waals surface area contributed by atoms with Crippen molar-refractivity contribution in [3.63, 3.8) is 0 Å². The zero-order valence-electron chi connectivity index (χ0n) is 16.9. The van der Waals surface area contributed by atoms with Crippen LogP contribution in [0.15, 0.2) is 24.3 Å². The van der Waals surface area contributed by atoms with Crippen LogP contribution in [0.2, 0.25) is 0 Å². The van der Waals surface area contributed by atoms with Crippen LogP contribution in [0.25, 0.3) is 11.6 Å². The topological polar surface area (TPSA) is 58.9 Å². The van der Waals surface area contributed by atoms with Crippen molar-refractivity contribution in [1.82, 2.24) is 0 Å². The molecule has 0 fully saturated rings. The second kappa shape index (κ2) is 9.58. The summed E-state index contributed by atoms with van der Waals surface area (Å²) in [6.45, 7) is 10.8. The molecule has 27 heavy (non-hydrogen) atoms. The molecule has 0 aliphatic rings. The van der Waals surface area contributed by atoms with Crippen LogP contribution in [0, 0.1) is 27.7 Å². The molecule has 4 nitrogen and oxygen atoms in total. The lowest BCUT2D eigenvalue weighted by Crippen LogP contribution is -2.04. The Morgan fingerprint density at radius 2 is 1.19 bits per heavy atom. The summed E-state index contributed by atoms with van der Waals surface area (Å²) in [6.07, 6.45) is 2.16. The largest absolute Gasteiger partial charge is 0.491 e. The van der Waals surface area contributed by atoms with Gasteiger partial charge in [-0.25, -0.2) is 0 Å². The fourth-order valence-corrected chi connectivity index (χ4v) is 3.33. The van der Waals surface area contributed by atoms with E-state index in [4.69, 9.17) is 19.7 Å². The lowest BCUT2D eigenvalue weighted by atomic mass is 9.97. The number of aliphatic hydroxyl groups is 2. The first-order valence-corrected chi connectivity index (χ1v) is 9.25. The van der Waals surface area contributed by atoms with E-state index in [-0.39, 0.29) is 13.2 Å². The van der Waals surface area contributed by atoms with Crippen LogP contribution in [0.1, 0.15) is 40.3 Å². The van der Waals surface area contributed by atoms with Gasteiger partial charge in [-0.3, -0.25) is 0 Å². The molecule has 0 atom stereocenters. The molecule has 4 heteroatoms. The standard InChI is InChI=1S/C23H30O4/c1-15(21-13-18(4)23(19(5)14-21)27-9-7-25)10-20-11-16(2)22(17(3)12-20)26-8-6-24/h10-14,24-25H,6-9H2,1-5H3. The van der Waals surface area contributed by atoms with Gasteiger partial charge in [-0.05, 0) is 97.8 Å². The van der Waals surface area contributed by atoms with Crippen LogP contribution in [0.3, 0.4) is 0 Å². The van der Waals surface area contributed by atoms with Gasteiger partial charge < -0.3 is 19.7 Å². The Morgan fingerprint density at radius 1 is 0.778 bits per heavy atom. The summed E-state index contributed by atoms with van der Waals surface area (Å²) in [6, 6.07) is 8.43. The van der Waals surface area contributed by atoms with Crippen LogP contribution in [0.5, 0.6) is 11.5 Å². The van der Waals surface area contributed by atoms with Gasteiger partial charge in [0.25, 0.3) is 0 Å². The van der Waals surface area contributed by atoms with Gasteiger partial charge in [0.1, 0.15) is 24.7 Å². The first-order valence-electron chi connectivity index (χ1n) is 9.25. The molecule has 0 radical (unpaired) electrons. The second-order valence-corrected chi connectivity index (χ2v) is 6.89. The van der Waals surface area contributed by atoms with E-state index >= 15 is 0 Å². The number of allylic oxidation sites excluding steroid dienone is 1. The van der Waals surface area contributed by atoms with Gasteiger partial charge in [0.2, 0.25) is 0 Å². The Kier molecular flexibility index (Phi) is 7.45. The maximum absolute atomic E-state index is 8.97. The molecule has 0 aliphatic heterocycles. The molecule has 0 amide bonds. The number of benzene rings is 2. The van der Waals surface area contributed by atoms with E-state index in [0.717, 1.165) is 50.5 Å². The summed E-state index contributed by atoms with van der Waals surface area (Å²) < 4.78 is 11.3. The third-order valence-corrected chi connectivity index (χ3v) is 4.46. The Hall–Kier alpha value is -2.30. The smallest absolute Gasteiger partial charge is 0.125 e. The second-order valence-electron chi connectivity index (χ2n) is 6.89. The van der Waals surface area contributed by atoms with Gasteiger partial charge in [0, 0.05) is 0 Å². The number of rotatable bonds is 8. The van der Waals surface area contributed by atoms with Crippen LogP contribution in [0.4, 0.5) is 0 Å². The van der Waals surface area contributed by atoms with Crippen molar-refractivity contribution in [3.8, 4) is 11.5 Å². The van der Waals surface area contributed by atoms with Crippen LogP contribution < -0.4 is 9.47 Å². The zero-order valence-corrected chi connectivity index (χ0v) is 16.9. The summed E-state index contributed by atoms with van der Waals surface area (Å²) in [4.78, 5) is 0. The summed E-state index contributed by atoms with van der Waals surface area (Å²) in [5.41, 5.74) is 7.67. The van der Waals surface area contributed by atoms with E-state index in [1.165, 1.54) is 0 Å². The van der Waals surface area contributed by atoms with Crippen LogP contribution in [-0.2, 0) is 0 Å². The van der Waals surface area contributed by atoms with E-state index < -0.39 is 0 Å². The van der Waals surface area contributed by atoms with Crippen molar-refractivity contribution in [2.24, 2.45) is 0 Å². The average Bonchev–Trinajstić information content (AvgIpc) is 2.60. The van der Waals surface area contributed by atoms with Gasteiger partial charge in [-0.2, -0.15) is 0 Å². The van der Waals surface area contributed by atoms with Crippen molar-refractivity contribution in [1.29, 1.82) is 0 Å². The summed E-state index contributed by atoms with van der Waals surface area (Å²) in [5.74, 6) is 1.69. The Morgan fingerprint density at radius 3 is 1.59 bits per heavy atom. The predicted molar refractivity (Wildman–Crippen MR) is 111 cm³/mol. The monoisotopic (exact) mass is 370 g/mol. The third kappa shape index (κ3) is 5.34. The van der Waals surface area contributed by atoms with Crippen molar-refractivity contribution in [3.05, 3.63) is 57.6 Å². The first-order chi connectivity index (χ1) is 12.9.